The lowest BCUT2D eigenvalue weighted by Crippen LogP contribution is -2.25. The average molecular weight is 337 g/mol. The summed E-state index contributed by atoms with van der Waals surface area (Å²) in [5.41, 5.74) is 1.11. The molecule has 0 spiro atoms. The highest BCUT2D eigenvalue weighted by Gasteiger charge is 2.03. The number of aromatic hydroxyl groups is 1. The molecule has 0 fully saturated rings. The molecule has 0 atom stereocenters. The summed E-state index contributed by atoms with van der Waals surface area (Å²) in [5, 5.41) is 21.0. The number of aryl methyl sites for hydroxylation is 1. The van der Waals surface area contributed by atoms with Gasteiger partial charge in [-0.2, -0.15) is 0 Å². The van der Waals surface area contributed by atoms with Crippen molar-refractivity contribution in [2.24, 2.45) is 0 Å². The minimum absolute atomic E-state index is 0.0188. The fourth-order valence-corrected chi connectivity index (χ4v) is 2.49. The normalized spacial score (nSPS) is 10.6. The summed E-state index contributed by atoms with van der Waals surface area (Å²) in [6.45, 7) is 3.05. The molecule has 0 saturated heterocycles. The smallest absolute Gasteiger partial charge is 0.220 e. The van der Waals surface area contributed by atoms with Crippen LogP contribution in [0.5, 0.6) is 11.5 Å². The number of phenols is 1. The molecule has 0 aliphatic heterocycles. The van der Waals surface area contributed by atoms with Crippen LogP contribution >= 0.6 is 0 Å². The van der Waals surface area contributed by atoms with Gasteiger partial charge in [0, 0.05) is 19.0 Å². The summed E-state index contributed by atoms with van der Waals surface area (Å²) >= 11 is 0. The molecule has 0 heterocycles. The van der Waals surface area contributed by atoms with Crippen LogP contribution in [-0.2, 0) is 11.2 Å². The summed E-state index contributed by atoms with van der Waals surface area (Å²) in [4.78, 5) is 11.4. The number of benzene rings is 1. The Morgan fingerprint density at radius 3 is 2.71 bits per heavy atom. The fraction of sp³-hybridized carbons (Fsp3) is 0.632. The second kappa shape index (κ2) is 12.6. The highest BCUT2D eigenvalue weighted by molar-refractivity contribution is 5.75. The Morgan fingerprint density at radius 2 is 1.96 bits per heavy atom. The number of aliphatic hydroxyl groups excluding tert-OH is 1. The number of carbonyl (C=O) groups is 1. The van der Waals surface area contributed by atoms with Gasteiger partial charge < -0.3 is 20.3 Å². The van der Waals surface area contributed by atoms with Crippen LogP contribution in [0.4, 0.5) is 0 Å². The van der Waals surface area contributed by atoms with Gasteiger partial charge in [0.2, 0.25) is 5.91 Å². The maximum absolute atomic E-state index is 11.4. The number of unbranched alkanes of at least 4 members (excludes halogenated alkanes) is 4. The third-order valence-corrected chi connectivity index (χ3v) is 3.77. The first-order valence-electron chi connectivity index (χ1n) is 8.99. The van der Waals surface area contributed by atoms with Gasteiger partial charge >= 0.3 is 0 Å². The van der Waals surface area contributed by atoms with Gasteiger partial charge in [-0.15, -0.1) is 0 Å². The Hall–Kier alpha value is -1.75. The zero-order chi connectivity index (χ0) is 17.6. The molecule has 5 nitrogen and oxygen atoms in total. The number of hydrogen-bond donors (Lipinski definition) is 3. The van der Waals surface area contributed by atoms with Crippen molar-refractivity contribution in [2.45, 2.75) is 58.3 Å². The molecule has 5 heteroatoms. The van der Waals surface area contributed by atoms with Crippen molar-refractivity contribution < 1.29 is 19.7 Å². The van der Waals surface area contributed by atoms with E-state index >= 15 is 0 Å². The molecule has 136 valence electrons. The Balaban J connectivity index is 2.21. The largest absolute Gasteiger partial charge is 0.508 e. The lowest BCUT2D eigenvalue weighted by molar-refractivity contribution is -0.121. The van der Waals surface area contributed by atoms with Crippen molar-refractivity contribution in [1.29, 1.82) is 0 Å². The molecule has 0 unspecified atom stereocenters. The summed E-state index contributed by atoms with van der Waals surface area (Å²) in [6.07, 6.45) is 7.52. The minimum Gasteiger partial charge on any atom is -0.508 e. The van der Waals surface area contributed by atoms with E-state index in [0.29, 0.717) is 25.3 Å². The summed E-state index contributed by atoms with van der Waals surface area (Å²) in [5.74, 6) is 0.941. The Kier molecular flexibility index (Phi) is 10.7. The molecule has 0 saturated carbocycles. The van der Waals surface area contributed by atoms with Gasteiger partial charge in [0.1, 0.15) is 11.5 Å². The van der Waals surface area contributed by atoms with E-state index in [1.54, 1.807) is 12.1 Å². The van der Waals surface area contributed by atoms with E-state index in [0.717, 1.165) is 37.7 Å². The quantitative estimate of drug-likeness (QED) is 0.483. The number of nitrogens with one attached hydrogen (secondary N) is 1. The highest BCUT2D eigenvalue weighted by atomic mass is 16.5. The van der Waals surface area contributed by atoms with Gasteiger partial charge in [0.05, 0.1) is 13.2 Å². The molecule has 1 aromatic rings. The van der Waals surface area contributed by atoms with E-state index in [2.05, 4.69) is 12.2 Å². The van der Waals surface area contributed by atoms with Gasteiger partial charge in [-0.1, -0.05) is 19.8 Å². The van der Waals surface area contributed by atoms with Gasteiger partial charge in [-0.25, -0.2) is 0 Å². The third-order valence-electron chi connectivity index (χ3n) is 3.77. The highest BCUT2D eigenvalue weighted by Crippen LogP contribution is 2.23. The van der Waals surface area contributed by atoms with Crippen molar-refractivity contribution in [3.63, 3.8) is 0 Å². The second-order valence-electron chi connectivity index (χ2n) is 6.02. The number of amides is 1. The molecular weight excluding hydrogens is 306 g/mol. The number of ether oxygens (including phenoxy) is 1. The van der Waals surface area contributed by atoms with E-state index < -0.39 is 0 Å². The van der Waals surface area contributed by atoms with Crippen LogP contribution in [0.1, 0.15) is 57.4 Å². The van der Waals surface area contributed by atoms with E-state index in [9.17, 15) is 9.90 Å². The van der Waals surface area contributed by atoms with E-state index in [4.69, 9.17) is 9.84 Å². The Morgan fingerprint density at radius 1 is 1.12 bits per heavy atom. The molecule has 1 rings (SSSR count). The molecular formula is C19H31NO4. The predicted molar refractivity (Wildman–Crippen MR) is 95.4 cm³/mol. The van der Waals surface area contributed by atoms with Crippen LogP contribution in [0.15, 0.2) is 18.2 Å². The van der Waals surface area contributed by atoms with Crippen molar-refractivity contribution in [3.8, 4) is 11.5 Å². The first-order valence-corrected chi connectivity index (χ1v) is 8.99. The second-order valence-corrected chi connectivity index (χ2v) is 6.02. The maximum Gasteiger partial charge on any atom is 0.220 e. The SMILES string of the molecule is CCCCCc1cc(O)cc(OCCCCCC(=O)NCCO)c1. The molecule has 0 radical (unpaired) electrons. The summed E-state index contributed by atoms with van der Waals surface area (Å²) in [7, 11) is 0. The number of rotatable bonds is 13. The Bertz CT molecular complexity index is 476. The number of carbonyl (C=O) groups excluding carboxylic acids is 1. The van der Waals surface area contributed by atoms with E-state index in [1.165, 1.54) is 12.8 Å². The molecule has 0 bridgehead atoms. The van der Waals surface area contributed by atoms with Crippen LogP contribution in [0.2, 0.25) is 0 Å². The number of aliphatic hydroxyl groups is 1. The number of hydrogen-bond acceptors (Lipinski definition) is 4. The van der Waals surface area contributed by atoms with E-state index in [-0.39, 0.29) is 18.3 Å². The van der Waals surface area contributed by atoms with Crippen LogP contribution in [0, 0.1) is 0 Å². The summed E-state index contributed by atoms with van der Waals surface area (Å²) < 4.78 is 5.71. The lowest BCUT2D eigenvalue weighted by atomic mass is 10.1. The minimum atomic E-state index is -0.0239. The van der Waals surface area contributed by atoms with Gasteiger partial charge in [-0.3, -0.25) is 4.79 Å². The topological polar surface area (TPSA) is 78.8 Å². The Labute approximate surface area is 145 Å². The van der Waals surface area contributed by atoms with Gasteiger partial charge in [-0.05, 0) is 49.8 Å². The first kappa shape index (κ1) is 20.3. The first-order chi connectivity index (χ1) is 11.7. The lowest BCUT2D eigenvalue weighted by Gasteiger charge is -2.09. The zero-order valence-electron chi connectivity index (χ0n) is 14.7. The van der Waals surface area contributed by atoms with Crippen molar-refractivity contribution >= 4 is 5.91 Å². The van der Waals surface area contributed by atoms with Crippen molar-refractivity contribution in [3.05, 3.63) is 23.8 Å². The zero-order valence-corrected chi connectivity index (χ0v) is 14.7. The monoisotopic (exact) mass is 337 g/mol. The number of phenolic OH excluding ortho intramolecular Hbond substituents is 1. The molecule has 0 aromatic heterocycles. The molecule has 1 amide bonds. The average Bonchev–Trinajstić information content (AvgIpc) is 2.56. The predicted octanol–water partition coefficient (Wildman–Crippen LogP) is 3.17. The maximum atomic E-state index is 11.4. The molecule has 0 aliphatic rings. The van der Waals surface area contributed by atoms with Crippen LogP contribution in [-0.4, -0.2) is 35.9 Å². The summed E-state index contributed by atoms with van der Waals surface area (Å²) in [6, 6.07) is 5.44. The van der Waals surface area contributed by atoms with Crippen molar-refractivity contribution in [2.75, 3.05) is 19.8 Å². The fourth-order valence-electron chi connectivity index (χ4n) is 2.49. The standard InChI is InChI=1S/C19H31NO4/c1-2-3-5-8-16-13-17(22)15-18(14-16)24-12-7-4-6-9-19(23)20-10-11-21/h13-15,21-22H,2-12H2,1H3,(H,20,23). The van der Waals surface area contributed by atoms with Gasteiger partial charge in [0.25, 0.3) is 0 Å². The van der Waals surface area contributed by atoms with E-state index in [1.807, 2.05) is 6.07 Å². The van der Waals surface area contributed by atoms with Crippen molar-refractivity contribution in [1.82, 2.24) is 5.32 Å². The molecule has 24 heavy (non-hydrogen) atoms. The van der Waals surface area contributed by atoms with Crippen LogP contribution in [0.3, 0.4) is 0 Å². The van der Waals surface area contributed by atoms with Gasteiger partial charge in [0.15, 0.2) is 0 Å². The van der Waals surface area contributed by atoms with Crippen LogP contribution in [0.25, 0.3) is 0 Å². The van der Waals surface area contributed by atoms with Crippen LogP contribution < -0.4 is 10.1 Å². The third kappa shape index (κ3) is 9.40. The molecule has 1 aromatic carbocycles. The molecule has 3 N–H and O–H groups in total. The molecule has 0 aliphatic carbocycles.